The van der Waals surface area contributed by atoms with Gasteiger partial charge in [0.25, 0.3) is 0 Å². The van der Waals surface area contributed by atoms with E-state index < -0.39 is 0 Å². The van der Waals surface area contributed by atoms with Gasteiger partial charge in [-0.15, -0.1) is 11.3 Å². The van der Waals surface area contributed by atoms with Crippen LogP contribution in [-0.4, -0.2) is 29.7 Å². The number of halogens is 1. The van der Waals surface area contributed by atoms with Crippen LogP contribution in [0, 0.1) is 0 Å². The normalized spacial score (nSPS) is 17.0. The van der Waals surface area contributed by atoms with Crippen LogP contribution in [0.25, 0.3) is 5.00 Å². The van der Waals surface area contributed by atoms with E-state index in [0.29, 0.717) is 28.8 Å². The summed E-state index contributed by atoms with van der Waals surface area (Å²) >= 11 is 8.24. The van der Waals surface area contributed by atoms with Crippen LogP contribution in [0.5, 0.6) is 11.5 Å². The molecule has 0 spiro atoms. The Morgan fingerprint density at radius 3 is 2.73 bits per heavy atom. The van der Waals surface area contributed by atoms with E-state index in [2.05, 4.69) is 35.1 Å². The zero-order valence-electron chi connectivity index (χ0n) is 19.1. The third-order valence-corrected chi connectivity index (χ3v) is 8.30. The first-order valence-corrected chi connectivity index (χ1v) is 12.5. The van der Waals surface area contributed by atoms with Gasteiger partial charge >= 0.3 is 6.03 Å². The molecule has 0 unspecified atom stereocenters. The number of carbonyl (C=O) groups is 1. The van der Waals surface area contributed by atoms with Gasteiger partial charge in [-0.3, -0.25) is 0 Å². The van der Waals surface area contributed by atoms with Crippen molar-refractivity contribution >= 4 is 34.7 Å². The Balaban J connectivity index is 1.55. The molecule has 0 bridgehead atoms. The number of amides is 2. The molecule has 1 atom stereocenters. The minimum atomic E-state index is -0.169. The number of thiophene rings is 1. The number of benzene rings is 1. The summed E-state index contributed by atoms with van der Waals surface area (Å²) in [6, 6.07) is 7.37. The third kappa shape index (κ3) is 3.77. The van der Waals surface area contributed by atoms with E-state index in [1.807, 2.05) is 16.2 Å². The molecule has 2 aliphatic rings. The SMILES string of the molecule is CC[C@@H]1c2cccn2-c2sc3c(c2CN1C(=O)Nc1cc(Cl)c(OC)cc1OC)CCCC3. The Hall–Kier alpha value is -2.64. The topological polar surface area (TPSA) is 55.7 Å². The van der Waals surface area contributed by atoms with E-state index >= 15 is 0 Å². The molecule has 3 heterocycles. The molecule has 2 aromatic heterocycles. The highest BCUT2D eigenvalue weighted by Gasteiger charge is 2.34. The second-order valence-electron chi connectivity index (χ2n) is 8.47. The average molecular weight is 486 g/mol. The molecule has 5 rings (SSSR count). The Morgan fingerprint density at radius 2 is 1.97 bits per heavy atom. The molecule has 0 fully saturated rings. The number of urea groups is 1. The smallest absolute Gasteiger partial charge is 0.322 e. The second kappa shape index (κ2) is 8.95. The van der Waals surface area contributed by atoms with Crippen molar-refractivity contribution in [2.24, 2.45) is 0 Å². The summed E-state index contributed by atoms with van der Waals surface area (Å²) in [4.78, 5) is 17.2. The number of aromatic nitrogens is 1. The number of anilines is 1. The average Bonchev–Trinajstić information content (AvgIpc) is 3.41. The maximum Gasteiger partial charge on any atom is 0.322 e. The van der Waals surface area contributed by atoms with Crippen LogP contribution < -0.4 is 14.8 Å². The maximum atomic E-state index is 13.7. The molecule has 0 saturated carbocycles. The summed E-state index contributed by atoms with van der Waals surface area (Å²) in [5.74, 6) is 1.00. The monoisotopic (exact) mass is 485 g/mol. The number of rotatable bonds is 4. The highest BCUT2D eigenvalue weighted by molar-refractivity contribution is 7.15. The molecule has 3 aromatic rings. The first-order chi connectivity index (χ1) is 16.0. The molecule has 174 valence electrons. The lowest BCUT2D eigenvalue weighted by atomic mass is 9.95. The number of hydrogen-bond acceptors (Lipinski definition) is 4. The number of fused-ring (bicyclic) bond motifs is 5. The van der Waals surface area contributed by atoms with Crippen LogP contribution in [-0.2, 0) is 19.4 Å². The Labute approximate surface area is 203 Å². The zero-order valence-corrected chi connectivity index (χ0v) is 20.7. The minimum Gasteiger partial charge on any atom is -0.495 e. The second-order valence-corrected chi connectivity index (χ2v) is 9.96. The van der Waals surface area contributed by atoms with E-state index in [9.17, 15) is 4.79 Å². The molecular weight excluding hydrogens is 458 g/mol. The molecule has 1 N–H and O–H groups in total. The molecule has 8 heteroatoms. The molecule has 1 aliphatic carbocycles. The number of nitrogens with one attached hydrogen (secondary N) is 1. The van der Waals surface area contributed by atoms with Crippen LogP contribution in [0.15, 0.2) is 30.5 Å². The van der Waals surface area contributed by atoms with Crippen LogP contribution in [0.1, 0.15) is 53.9 Å². The van der Waals surface area contributed by atoms with Crippen molar-refractivity contribution in [3.05, 3.63) is 57.2 Å². The highest BCUT2D eigenvalue weighted by Crippen LogP contribution is 2.43. The lowest BCUT2D eigenvalue weighted by Crippen LogP contribution is -2.37. The van der Waals surface area contributed by atoms with Gasteiger partial charge in [0.1, 0.15) is 16.5 Å². The van der Waals surface area contributed by atoms with Crippen molar-refractivity contribution in [3.63, 3.8) is 0 Å². The largest absolute Gasteiger partial charge is 0.495 e. The Kier molecular flexibility index (Phi) is 6.01. The summed E-state index contributed by atoms with van der Waals surface area (Å²) in [7, 11) is 3.12. The van der Waals surface area contributed by atoms with Crippen molar-refractivity contribution < 1.29 is 14.3 Å². The van der Waals surface area contributed by atoms with E-state index in [1.165, 1.54) is 33.8 Å². The Bertz CT molecular complexity index is 1200. The molecule has 1 aromatic carbocycles. The number of methoxy groups -OCH3 is 2. The number of ether oxygens (including phenoxy) is 2. The Morgan fingerprint density at radius 1 is 1.18 bits per heavy atom. The fourth-order valence-electron chi connectivity index (χ4n) is 5.05. The number of nitrogens with zero attached hydrogens (tertiary/aromatic N) is 2. The van der Waals surface area contributed by atoms with Gasteiger partial charge in [0.2, 0.25) is 0 Å². The molecule has 1 aliphatic heterocycles. The number of aryl methyl sites for hydroxylation is 1. The van der Waals surface area contributed by atoms with E-state index in [4.69, 9.17) is 21.1 Å². The third-order valence-electron chi connectivity index (χ3n) is 6.67. The molecule has 33 heavy (non-hydrogen) atoms. The fourth-order valence-corrected chi connectivity index (χ4v) is 6.70. The van der Waals surface area contributed by atoms with Gasteiger partial charge in [-0.1, -0.05) is 18.5 Å². The summed E-state index contributed by atoms with van der Waals surface area (Å²) in [5.41, 5.74) is 4.40. The van der Waals surface area contributed by atoms with Crippen molar-refractivity contribution in [1.29, 1.82) is 0 Å². The van der Waals surface area contributed by atoms with Crippen LogP contribution in [0.4, 0.5) is 10.5 Å². The number of hydrogen-bond donors (Lipinski definition) is 1. The van der Waals surface area contributed by atoms with E-state index in [0.717, 1.165) is 25.0 Å². The van der Waals surface area contributed by atoms with Crippen molar-refractivity contribution in [2.45, 2.75) is 51.6 Å². The predicted octanol–water partition coefficient (Wildman–Crippen LogP) is 6.59. The molecule has 2 amide bonds. The van der Waals surface area contributed by atoms with Crippen molar-refractivity contribution in [2.75, 3.05) is 19.5 Å². The first-order valence-electron chi connectivity index (χ1n) is 11.4. The van der Waals surface area contributed by atoms with Crippen LogP contribution in [0.2, 0.25) is 5.02 Å². The van der Waals surface area contributed by atoms with Crippen LogP contribution >= 0.6 is 22.9 Å². The molecule has 0 saturated heterocycles. The van der Waals surface area contributed by atoms with Crippen LogP contribution in [0.3, 0.4) is 0 Å². The summed E-state index contributed by atoms with van der Waals surface area (Å²) in [6.45, 7) is 2.71. The predicted molar refractivity (Wildman–Crippen MR) is 132 cm³/mol. The molecular formula is C25H28ClN3O3S. The number of carbonyl (C=O) groups excluding carboxylic acids is 1. The van der Waals surface area contributed by atoms with E-state index in [1.54, 1.807) is 26.4 Å². The first kappa shape index (κ1) is 22.2. The van der Waals surface area contributed by atoms with Crippen molar-refractivity contribution in [1.82, 2.24) is 9.47 Å². The molecule has 6 nitrogen and oxygen atoms in total. The summed E-state index contributed by atoms with van der Waals surface area (Å²) in [6.07, 6.45) is 7.62. The lowest BCUT2D eigenvalue weighted by Gasteiger charge is -2.30. The van der Waals surface area contributed by atoms with Crippen molar-refractivity contribution in [3.8, 4) is 16.5 Å². The van der Waals surface area contributed by atoms with Gasteiger partial charge in [0.05, 0.1) is 37.5 Å². The van der Waals surface area contributed by atoms with Gasteiger partial charge in [-0.2, -0.15) is 0 Å². The standard InChI is InChI=1S/C25H28ClN3O3S/c1-4-19-20-9-7-11-28(20)24-16(15-8-5-6-10-23(15)33-24)14-29(19)25(30)27-18-12-17(26)21(31-2)13-22(18)32-3/h7,9,11-13,19H,4-6,8,10,14H2,1-3H3,(H,27,30)/t19-/m1/s1. The van der Waals surface area contributed by atoms with Gasteiger partial charge in [0.15, 0.2) is 0 Å². The molecule has 0 radical (unpaired) electrons. The lowest BCUT2D eigenvalue weighted by molar-refractivity contribution is 0.181. The zero-order chi connectivity index (χ0) is 23.1. The van der Waals surface area contributed by atoms with Gasteiger partial charge in [-0.25, -0.2) is 4.79 Å². The maximum absolute atomic E-state index is 13.7. The van der Waals surface area contributed by atoms with E-state index in [-0.39, 0.29) is 12.1 Å². The minimum absolute atomic E-state index is 0.0430. The van der Waals surface area contributed by atoms with Gasteiger partial charge < -0.3 is 24.3 Å². The summed E-state index contributed by atoms with van der Waals surface area (Å²) in [5, 5.41) is 4.74. The highest BCUT2D eigenvalue weighted by atomic mass is 35.5. The quantitative estimate of drug-likeness (QED) is 0.453. The fraction of sp³-hybridized carbons (Fsp3) is 0.400. The van der Waals surface area contributed by atoms with Gasteiger partial charge in [-0.05, 0) is 55.9 Å². The van der Waals surface area contributed by atoms with Gasteiger partial charge in [0, 0.05) is 28.4 Å². The summed E-state index contributed by atoms with van der Waals surface area (Å²) < 4.78 is 13.1.